The van der Waals surface area contributed by atoms with Gasteiger partial charge < -0.3 is 10.4 Å². The molecule has 3 aromatic rings. The van der Waals surface area contributed by atoms with Crippen LogP contribution in [0.25, 0.3) is 11.1 Å². The minimum atomic E-state index is 0.265. The second-order valence-electron chi connectivity index (χ2n) is 5.76. The number of pyridine rings is 2. The Bertz CT molecular complexity index is 845. The highest BCUT2D eigenvalue weighted by Gasteiger charge is 2.03. The fraction of sp³-hybridized carbons (Fsp3) is 0.182. The first-order valence-corrected chi connectivity index (χ1v) is 8.67. The standard InChI is InChI=1S/C15H16N2O.C7H9N/c1-3-7-16-15-11(2)8-13(10-17-15)12-5-4-6-14(18)9-12;1-2-7-5-3-4-6-8-7/h3-10,18H,1-2H3,(H,16,17);3-6H,2H2,1H3/b7-3+;. The van der Waals surface area contributed by atoms with Crippen molar-refractivity contribution in [2.24, 2.45) is 0 Å². The molecule has 0 radical (unpaired) electrons. The van der Waals surface area contributed by atoms with Gasteiger partial charge in [-0.3, -0.25) is 4.98 Å². The van der Waals surface area contributed by atoms with Crippen LogP contribution in [-0.2, 0) is 6.42 Å². The summed E-state index contributed by atoms with van der Waals surface area (Å²) in [6, 6.07) is 15.2. The molecule has 0 atom stereocenters. The molecule has 0 bridgehead atoms. The largest absolute Gasteiger partial charge is 0.508 e. The number of nitrogens with zero attached hydrogens (tertiary/aromatic N) is 2. The molecule has 0 unspecified atom stereocenters. The Kier molecular flexibility index (Phi) is 7.37. The van der Waals surface area contributed by atoms with Gasteiger partial charge in [0.2, 0.25) is 0 Å². The predicted molar refractivity (Wildman–Crippen MR) is 108 cm³/mol. The Hall–Kier alpha value is -3.14. The molecule has 0 aliphatic heterocycles. The van der Waals surface area contributed by atoms with Crippen molar-refractivity contribution < 1.29 is 5.11 Å². The number of aromatic nitrogens is 2. The number of hydrogen-bond acceptors (Lipinski definition) is 4. The number of rotatable bonds is 4. The maximum absolute atomic E-state index is 9.47. The van der Waals surface area contributed by atoms with Gasteiger partial charge in [0, 0.05) is 23.7 Å². The third-order valence-corrected chi connectivity index (χ3v) is 3.73. The van der Waals surface area contributed by atoms with E-state index in [9.17, 15) is 5.11 Å². The van der Waals surface area contributed by atoms with E-state index in [0.717, 1.165) is 34.6 Å². The van der Waals surface area contributed by atoms with Gasteiger partial charge in [0.25, 0.3) is 0 Å². The maximum Gasteiger partial charge on any atom is 0.132 e. The smallest absolute Gasteiger partial charge is 0.132 e. The van der Waals surface area contributed by atoms with E-state index < -0.39 is 0 Å². The summed E-state index contributed by atoms with van der Waals surface area (Å²) < 4.78 is 0. The number of phenolic OH excluding ortho intramolecular Hbond substituents is 1. The molecule has 134 valence electrons. The highest BCUT2D eigenvalue weighted by atomic mass is 16.3. The second kappa shape index (κ2) is 9.99. The van der Waals surface area contributed by atoms with Crippen LogP contribution < -0.4 is 5.32 Å². The number of nitrogens with one attached hydrogen (secondary N) is 1. The van der Waals surface area contributed by atoms with Crippen molar-refractivity contribution in [3.63, 3.8) is 0 Å². The summed E-state index contributed by atoms with van der Waals surface area (Å²) in [5.41, 5.74) is 4.18. The van der Waals surface area contributed by atoms with Crippen molar-refractivity contribution >= 4 is 5.82 Å². The van der Waals surface area contributed by atoms with Gasteiger partial charge in [-0.2, -0.15) is 0 Å². The molecular weight excluding hydrogens is 322 g/mol. The molecule has 2 N–H and O–H groups in total. The van der Waals surface area contributed by atoms with Gasteiger partial charge >= 0.3 is 0 Å². The van der Waals surface area contributed by atoms with E-state index >= 15 is 0 Å². The topological polar surface area (TPSA) is 58.0 Å². The fourth-order valence-electron chi connectivity index (χ4n) is 2.34. The lowest BCUT2D eigenvalue weighted by molar-refractivity contribution is 0.475. The third-order valence-electron chi connectivity index (χ3n) is 3.73. The third kappa shape index (κ3) is 5.74. The lowest BCUT2D eigenvalue weighted by atomic mass is 10.1. The predicted octanol–water partition coefficient (Wildman–Crippen LogP) is 5.35. The Labute approximate surface area is 155 Å². The molecule has 0 amide bonds. The van der Waals surface area contributed by atoms with Crippen molar-refractivity contribution in [3.8, 4) is 16.9 Å². The van der Waals surface area contributed by atoms with Crippen LogP contribution in [0, 0.1) is 6.92 Å². The highest BCUT2D eigenvalue weighted by molar-refractivity contribution is 5.67. The molecule has 0 fully saturated rings. The molecule has 26 heavy (non-hydrogen) atoms. The van der Waals surface area contributed by atoms with Crippen molar-refractivity contribution in [1.29, 1.82) is 0 Å². The zero-order valence-electron chi connectivity index (χ0n) is 15.5. The molecular formula is C22H25N3O. The average Bonchev–Trinajstić information content (AvgIpc) is 2.68. The fourth-order valence-corrected chi connectivity index (χ4v) is 2.34. The van der Waals surface area contributed by atoms with Crippen LogP contribution in [0.2, 0.25) is 0 Å². The summed E-state index contributed by atoms with van der Waals surface area (Å²) in [6.45, 7) is 6.05. The van der Waals surface area contributed by atoms with Crippen LogP contribution in [0.5, 0.6) is 5.75 Å². The van der Waals surface area contributed by atoms with E-state index in [2.05, 4.69) is 22.2 Å². The molecule has 3 rings (SSSR count). The number of aromatic hydroxyl groups is 1. The number of anilines is 1. The molecule has 0 saturated carbocycles. The Morgan fingerprint density at radius 1 is 1.04 bits per heavy atom. The summed E-state index contributed by atoms with van der Waals surface area (Å²) in [5, 5.41) is 12.6. The van der Waals surface area contributed by atoms with E-state index in [4.69, 9.17) is 0 Å². The summed E-state index contributed by atoms with van der Waals surface area (Å²) in [5.74, 6) is 1.11. The van der Waals surface area contributed by atoms with E-state index in [1.54, 1.807) is 18.3 Å². The van der Waals surface area contributed by atoms with Gasteiger partial charge in [-0.1, -0.05) is 31.2 Å². The van der Waals surface area contributed by atoms with Gasteiger partial charge in [0.1, 0.15) is 11.6 Å². The van der Waals surface area contributed by atoms with Gasteiger partial charge in [0.05, 0.1) is 0 Å². The van der Waals surface area contributed by atoms with E-state index in [-0.39, 0.29) is 5.75 Å². The highest BCUT2D eigenvalue weighted by Crippen LogP contribution is 2.25. The number of aryl methyl sites for hydroxylation is 2. The molecule has 0 saturated heterocycles. The van der Waals surface area contributed by atoms with E-state index in [1.807, 2.05) is 68.7 Å². The van der Waals surface area contributed by atoms with Crippen molar-refractivity contribution in [2.75, 3.05) is 5.32 Å². The molecule has 1 aromatic carbocycles. The first kappa shape index (κ1) is 19.2. The molecule has 4 nitrogen and oxygen atoms in total. The number of hydrogen-bond donors (Lipinski definition) is 2. The molecule has 2 aromatic heterocycles. The Morgan fingerprint density at radius 2 is 1.88 bits per heavy atom. The molecule has 0 aliphatic rings. The molecule has 0 aliphatic carbocycles. The van der Waals surface area contributed by atoms with E-state index in [0.29, 0.717) is 0 Å². The van der Waals surface area contributed by atoms with Crippen LogP contribution in [0.1, 0.15) is 25.1 Å². The average molecular weight is 347 g/mol. The van der Waals surface area contributed by atoms with Crippen molar-refractivity contribution in [3.05, 3.63) is 84.5 Å². The second-order valence-corrected chi connectivity index (χ2v) is 5.76. The Balaban J connectivity index is 0.000000254. The zero-order valence-corrected chi connectivity index (χ0v) is 15.5. The van der Waals surface area contributed by atoms with Crippen molar-refractivity contribution in [2.45, 2.75) is 27.2 Å². The van der Waals surface area contributed by atoms with Crippen molar-refractivity contribution in [1.82, 2.24) is 9.97 Å². The zero-order chi connectivity index (χ0) is 18.8. The quantitative estimate of drug-likeness (QED) is 0.668. The minimum absolute atomic E-state index is 0.265. The van der Waals surface area contributed by atoms with Gasteiger partial charge in [-0.25, -0.2) is 4.98 Å². The van der Waals surface area contributed by atoms with E-state index in [1.165, 1.54) is 0 Å². The normalized spacial score (nSPS) is 10.3. The molecule has 4 heteroatoms. The van der Waals surface area contributed by atoms with Crippen LogP contribution in [-0.4, -0.2) is 15.1 Å². The minimum Gasteiger partial charge on any atom is -0.508 e. The molecule has 2 heterocycles. The summed E-state index contributed by atoms with van der Waals surface area (Å²) in [4.78, 5) is 8.48. The van der Waals surface area contributed by atoms with Crippen LogP contribution in [0.15, 0.2) is 73.2 Å². The molecule has 0 spiro atoms. The van der Waals surface area contributed by atoms with Gasteiger partial charge in [0.15, 0.2) is 0 Å². The lowest BCUT2D eigenvalue weighted by Crippen LogP contribution is -1.95. The van der Waals surface area contributed by atoms with Gasteiger partial charge in [-0.05, 0) is 67.9 Å². The number of allylic oxidation sites excluding steroid dienone is 1. The number of benzene rings is 1. The van der Waals surface area contributed by atoms with Crippen LogP contribution in [0.3, 0.4) is 0 Å². The summed E-state index contributed by atoms with van der Waals surface area (Å²) >= 11 is 0. The maximum atomic E-state index is 9.47. The SMILES string of the molecule is C/C=C/Nc1ncc(-c2cccc(O)c2)cc1C.CCc1ccccn1. The first-order valence-electron chi connectivity index (χ1n) is 8.67. The summed E-state index contributed by atoms with van der Waals surface area (Å²) in [6.07, 6.45) is 8.42. The van der Waals surface area contributed by atoms with Crippen LogP contribution in [0.4, 0.5) is 5.82 Å². The summed E-state index contributed by atoms with van der Waals surface area (Å²) in [7, 11) is 0. The number of phenols is 1. The van der Waals surface area contributed by atoms with Crippen LogP contribution >= 0.6 is 0 Å². The first-order chi connectivity index (χ1) is 12.6. The lowest BCUT2D eigenvalue weighted by Gasteiger charge is -2.07. The Morgan fingerprint density at radius 3 is 2.46 bits per heavy atom. The monoisotopic (exact) mass is 347 g/mol. The van der Waals surface area contributed by atoms with Gasteiger partial charge in [-0.15, -0.1) is 0 Å².